The van der Waals surface area contributed by atoms with Crippen molar-refractivity contribution in [3.63, 3.8) is 0 Å². The van der Waals surface area contributed by atoms with Gasteiger partial charge in [0.05, 0.1) is 4.75 Å². The number of hydrogen-bond acceptors (Lipinski definition) is 3. The number of carbonyl (C=O) groups excluding carboxylic acids is 1. The molecule has 1 fully saturated rings. The zero-order chi connectivity index (χ0) is 11.6. The van der Waals surface area contributed by atoms with Gasteiger partial charge in [0.25, 0.3) is 0 Å². The molecule has 2 rings (SSSR count). The van der Waals surface area contributed by atoms with E-state index in [9.17, 15) is 4.79 Å². The number of imidazole rings is 1. The van der Waals surface area contributed by atoms with Gasteiger partial charge in [-0.05, 0) is 25.5 Å². The molecule has 0 aromatic carbocycles. The van der Waals surface area contributed by atoms with Crippen LogP contribution in [0.3, 0.4) is 0 Å². The highest BCUT2D eigenvalue weighted by Gasteiger charge is 2.36. The molecule has 4 heteroatoms. The molecule has 0 saturated carbocycles. The van der Waals surface area contributed by atoms with Gasteiger partial charge in [-0.25, -0.2) is 4.98 Å². The second-order valence-electron chi connectivity index (χ2n) is 4.56. The number of hydrogen-bond donors (Lipinski definition) is 0. The lowest BCUT2D eigenvalue weighted by atomic mass is 9.97. The lowest BCUT2D eigenvalue weighted by Gasteiger charge is -2.20. The Morgan fingerprint density at radius 1 is 1.69 bits per heavy atom. The Kier molecular flexibility index (Phi) is 3.38. The van der Waals surface area contributed by atoms with Crippen LogP contribution >= 0.6 is 11.8 Å². The van der Waals surface area contributed by atoms with Gasteiger partial charge in [0.1, 0.15) is 11.6 Å². The fourth-order valence-corrected chi connectivity index (χ4v) is 3.42. The van der Waals surface area contributed by atoms with Crippen LogP contribution in [0.25, 0.3) is 0 Å². The van der Waals surface area contributed by atoms with Gasteiger partial charge in [-0.2, -0.15) is 0 Å². The highest BCUT2D eigenvalue weighted by Crippen LogP contribution is 2.39. The molecule has 2 heterocycles. The second-order valence-corrected chi connectivity index (χ2v) is 6.16. The van der Waals surface area contributed by atoms with Crippen molar-refractivity contribution in [1.29, 1.82) is 0 Å². The van der Waals surface area contributed by atoms with Crippen molar-refractivity contribution in [1.82, 2.24) is 9.55 Å². The maximum absolute atomic E-state index is 12.1. The monoisotopic (exact) mass is 238 g/mol. The van der Waals surface area contributed by atoms with Crippen molar-refractivity contribution < 1.29 is 4.79 Å². The van der Waals surface area contributed by atoms with Crippen molar-refractivity contribution in [2.24, 2.45) is 7.05 Å². The minimum absolute atomic E-state index is 0.120. The average Bonchev–Trinajstić information content (AvgIpc) is 2.85. The van der Waals surface area contributed by atoms with Crippen molar-refractivity contribution >= 4 is 17.5 Å². The van der Waals surface area contributed by atoms with Gasteiger partial charge < -0.3 is 4.57 Å². The Morgan fingerprint density at radius 2 is 2.50 bits per heavy atom. The molecule has 0 amide bonds. The third kappa shape index (κ3) is 2.32. The van der Waals surface area contributed by atoms with Gasteiger partial charge in [-0.15, -0.1) is 11.8 Å². The van der Waals surface area contributed by atoms with Gasteiger partial charge in [0, 0.05) is 32.3 Å². The van der Waals surface area contributed by atoms with Crippen LogP contribution in [0, 0.1) is 0 Å². The Labute approximate surface area is 101 Å². The minimum atomic E-state index is -0.120. The molecule has 1 unspecified atom stereocenters. The highest BCUT2D eigenvalue weighted by atomic mass is 32.2. The molecule has 1 aromatic heterocycles. The SMILES string of the molecule is Cn1ccnc1CCC(=O)C1(C)CCCS1. The Morgan fingerprint density at radius 3 is 3.06 bits per heavy atom. The predicted molar refractivity (Wildman–Crippen MR) is 66.6 cm³/mol. The maximum atomic E-state index is 12.1. The van der Waals surface area contributed by atoms with E-state index < -0.39 is 0 Å². The van der Waals surface area contributed by atoms with Crippen molar-refractivity contribution in [3.8, 4) is 0 Å². The van der Waals surface area contributed by atoms with Crippen LogP contribution in [0.5, 0.6) is 0 Å². The lowest BCUT2D eigenvalue weighted by molar-refractivity contribution is -0.121. The summed E-state index contributed by atoms with van der Waals surface area (Å²) in [5.74, 6) is 2.52. The van der Waals surface area contributed by atoms with Gasteiger partial charge in [-0.3, -0.25) is 4.79 Å². The number of thioether (sulfide) groups is 1. The van der Waals surface area contributed by atoms with E-state index in [1.54, 1.807) is 6.20 Å². The average molecular weight is 238 g/mol. The summed E-state index contributed by atoms with van der Waals surface area (Å²) in [6, 6.07) is 0. The lowest BCUT2D eigenvalue weighted by Crippen LogP contribution is -2.29. The van der Waals surface area contributed by atoms with E-state index in [0.29, 0.717) is 12.2 Å². The van der Waals surface area contributed by atoms with Crippen molar-refractivity contribution in [2.75, 3.05) is 5.75 Å². The zero-order valence-electron chi connectivity index (χ0n) is 9.90. The standard InChI is InChI=1S/C12H18N2OS/c1-12(6-3-9-16-12)10(15)4-5-11-13-7-8-14(11)2/h7-8H,3-6,9H2,1-2H3. The first kappa shape index (κ1) is 11.7. The largest absolute Gasteiger partial charge is 0.338 e. The smallest absolute Gasteiger partial charge is 0.149 e. The van der Waals surface area contributed by atoms with Gasteiger partial charge >= 0.3 is 0 Å². The number of aromatic nitrogens is 2. The van der Waals surface area contributed by atoms with Gasteiger partial charge in [0.2, 0.25) is 0 Å². The number of carbonyl (C=O) groups is 1. The summed E-state index contributed by atoms with van der Waals surface area (Å²) >= 11 is 1.82. The first-order chi connectivity index (χ1) is 7.62. The molecule has 1 aliphatic heterocycles. The third-order valence-corrected chi connectivity index (χ3v) is 4.87. The molecule has 0 bridgehead atoms. The summed E-state index contributed by atoms with van der Waals surface area (Å²) in [6.45, 7) is 2.09. The van der Waals surface area contributed by atoms with E-state index in [4.69, 9.17) is 0 Å². The topological polar surface area (TPSA) is 34.9 Å². The van der Waals surface area contributed by atoms with E-state index in [2.05, 4.69) is 11.9 Å². The van der Waals surface area contributed by atoms with Crippen molar-refractivity contribution in [3.05, 3.63) is 18.2 Å². The summed E-state index contributed by atoms with van der Waals surface area (Å²) in [5.41, 5.74) is 0. The molecule has 0 N–H and O–H groups in total. The van der Waals surface area contributed by atoms with Crippen LogP contribution in [-0.2, 0) is 18.3 Å². The fraction of sp³-hybridized carbons (Fsp3) is 0.667. The molecular weight excluding hydrogens is 220 g/mol. The molecule has 3 nitrogen and oxygen atoms in total. The fourth-order valence-electron chi connectivity index (χ4n) is 2.13. The zero-order valence-corrected chi connectivity index (χ0v) is 10.7. The van der Waals surface area contributed by atoms with Crippen LogP contribution in [0.1, 0.15) is 32.0 Å². The van der Waals surface area contributed by atoms with Crippen LogP contribution in [-0.4, -0.2) is 25.8 Å². The number of aryl methyl sites for hydroxylation is 2. The number of nitrogens with zero attached hydrogens (tertiary/aromatic N) is 2. The number of ketones is 1. The maximum Gasteiger partial charge on any atom is 0.149 e. The summed E-state index contributed by atoms with van der Waals surface area (Å²) in [4.78, 5) is 16.4. The Bertz CT molecular complexity index is 380. The van der Waals surface area contributed by atoms with Crippen LogP contribution in [0.4, 0.5) is 0 Å². The molecule has 0 aliphatic carbocycles. The molecule has 1 atom stereocenters. The Hall–Kier alpha value is -0.770. The summed E-state index contributed by atoms with van der Waals surface area (Å²) in [6.07, 6.45) is 7.30. The second kappa shape index (κ2) is 4.62. The van der Waals surface area contributed by atoms with E-state index in [1.807, 2.05) is 29.6 Å². The number of Topliss-reactive ketones (excluding diaryl/α,β-unsaturated/α-hetero) is 1. The van der Waals surface area contributed by atoms with Crippen LogP contribution in [0.15, 0.2) is 12.4 Å². The quantitative estimate of drug-likeness (QED) is 0.806. The van der Waals surface area contributed by atoms with Gasteiger partial charge in [-0.1, -0.05) is 0 Å². The van der Waals surface area contributed by atoms with E-state index in [1.165, 1.54) is 6.42 Å². The molecule has 16 heavy (non-hydrogen) atoms. The van der Waals surface area contributed by atoms with E-state index in [0.717, 1.165) is 24.4 Å². The molecule has 1 aliphatic rings. The third-order valence-electron chi connectivity index (χ3n) is 3.31. The number of rotatable bonds is 4. The summed E-state index contributed by atoms with van der Waals surface area (Å²) in [7, 11) is 1.97. The molecule has 1 aromatic rings. The first-order valence-corrected chi connectivity index (χ1v) is 6.74. The van der Waals surface area contributed by atoms with Gasteiger partial charge in [0.15, 0.2) is 0 Å². The molecule has 88 valence electrons. The first-order valence-electron chi connectivity index (χ1n) is 5.75. The summed E-state index contributed by atoms with van der Waals surface area (Å²) in [5, 5.41) is 0. The highest BCUT2D eigenvalue weighted by molar-refractivity contribution is 8.01. The van der Waals surface area contributed by atoms with Crippen molar-refractivity contribution in [2.45, 2.75) is 37.4 Å². The molecular formula is C12H18N2OS. The van der Waals surface area contributed by atoms with E-state index in [-0.39, 0.29) is 4.75 Å². The molecule has 0 spiro atoms. The predicted octanol–water partition coefficient (Wildman–Crippen LogP) is 2.21. The normalized spacial score (nSPS) is 24.9. The molecule has 0 radical (unpaired) electrons. The van der Waals surface area contributed by atoms with Crippen LogP contribution in [0.2, 0.25) is 0 Å². The van der Waals surface area contributed by atoms with Crippen LogP contribution < -0.4 is 0 Å². The minimum Gasteiger partial charge on any atom is -0.338 e. The molecule has 1 saturated heterocycles. The Balaban J connectivity index is 1.91. The van der Waals surface area contributed by atoms with E-state index >= 15 is 0 Å². The summed E-state index contributed by atoms with van der Waals surface area (Å²) < 4.78 is 1.86.